The summed E-state index contributed by atoms with van der Waals surface area (Å²) in [6.07, 6.45) is 4.37. The van der Waals surface area contributed by atoms with Gasteiger partial charge in [0.25, 0.3) is 0 Å². The maximum Gasteiger partial charge on any atom is 0.137 e. The van der Waals surface area contributed by atoms with Gasteiger partial charge in [-0.3, -0.25) is 0 Å². The van der Waals surface area contributed by atoms with Crippen molar-refractivity contribution < 1.29 is 0 Å². The summed E-state index contributed by atoms with van der Waals surface area (Å²) >= 11 is 0. The van der Waals surface area contributed by atoms with Crippen LogP contribution in [0.5, 0.6) is 0 Å². The second-order valence-electron chi connectivity index (χ2n) is 4.99. The number of unbranched alkanes of at least 4 members (excludes halogenated alkanes) is 1. The Bertz CT molecular complexity index is 390. The molecule has 0 aliphatic carbocycles. The van der Waals surface area contributed by atoms with E-state index in [1.807, 2.05) is 0 Å². The molecule has 0 spiro atoms. The van der Waals surface area contributed by atoms with Crippen LogP contribution < -0.4 is 10.2 Å². The largest absolute Gasteiger partial charge is 0.370 e. The fraction of sp³-hybridized carbons (Fsp3) is 0.733. The minimum Gasteiger partial charge on any atom is -0.370 e. The lowest BCUT2D eigenvalue weighted by atomic mass is 10.2. The van der Waals surface area contributed by atoms with Gasteiger partial charge in [0.1, 0.15) is 17.5 Å². The molecule has 1 heterocycles. The monoisotopic (exact) mass is 264 g/mol. The number of anilines is 2. The quantitative estimate of drug-likeness (QED) is 0.781. The highest BCUT2D eigenvalue weighted by Crippen LogP contribution is 2.23. The van der Waals surface area contributed by atoms with Crippen LogP contribution in [0.3, 0.4) is 0 Å². The number of nitrogens with one attached hydrogen (secondary N) is 1. The molecule has 0 saturated carbocycles. The Labute approximate surface area is 117 Å². The van der Waals surface area contributed by atoms with Gasteiger partial charge < -0.3 is 10.2 Å². The SMILES string of the molecule is CCCCN(C)c1nc(CC)nc(NCCC)c1C. The lowest BCUT2D eigenvalue weighted by molar-refractivity contribution is 0.751. The van der Waals surface area contributed by atoms with Crippen molar-refractivity contribution in [2.24, 2.45) is 0 Å². The second-order valence-corrected chi connectivity index (χ2v) is 4.99. The van der Waals surface area contributed by atoms with Gasteiger partial charge >= 0.3 is 0 Å². The average Bonchev–Trinajstić information content (AvgIpc) is 2.43. The number of nitrogens with zero attached hydrogens (tertiary/aromatic N) is 3. The Morgan fingerprint density at radius 1 is 1.11 bits per heavy atom. The molecule has 0 aliphatic rings. The standard InChI is InChI=1S/C15H28N4/c1-6-9-11-19(5)15-12(4)14(16-10-7-2)17-13(8-3)18-15/h6-11H2,1-5H3,(H,16,17,18). The summed E-state index contributed by atoms with van der Waals surface area (Å²) in [7, 11) is 2.12. The van der Waals surface area contributed by atoms with Crippen molar-refractivity contribution in [3.8, 4) is 0 Å². The summed E-state index contributed by atoms with van der Waals surface area (Å²) < 4.78 is 0. The lowest BCUT2D eigenvalue weighted by Crippen LogP contribution is -2.22. The Hall–Kier alpha value is -1.32. The number of aryl methyl sites for hydroxylation is 1. The zero-order valence-corrected chi connectivity index (χ0v) is 13.1. The van der Waals surface area contributed by atoms with Crippen molar-refractivity contribution in [1.82, 2.24) is 9.97 Å². The van der Waals surface area contributed by atoms with Gasteiger partial charge in [0, 0.05) is 32.1 Å². The van der Waals surface area contributed by atoms with E-state index in [-0.39, 0.29) is 0 Å². The third-order valence-corrected chi connectivity index (χ3v) is 3.23. The molecule has 4 heteroatoms. The van der Waals surface area contributed by atoms with Gasteiger partial charge in [-0.15, -0.1) is 0 Å². The zero-order valence-electron chi connectivity index (χ0n) is 13.1. The number of hydrogen-bond donors (Lipinski definition) is 1. The van der Waals surface area contributed by atoms with E-state index in [4.69, 9.17) is 0 Å². The predicted octanol–water partition coefficient (Wildman–Crippen LogP) is 3.41. The fourth-order valence-electron chi connectivity index (χ4n) is 2.00. The van der Waals surface area contributed by atoms with E-state index < -0.39 is 0 Å². The number of rotatable bonds is 8. The molecule has 108 valence electrons. The molecule has 0 aliphatic heterocycles. The molecule has 19 heavy (non-hydrogen) atoms. The first-order valence-corrected chi connectivity index (χ1v) is 7.46. The number of aromatic nitrogens is 2. The normalized spacial score (nSPS) is 10.6. The smallest absolute Gasteiger partial charge is 0.137 e. The van der Waals surface area contributed by atoms with Crippen molar-refractivity contribution in [3.05, 3.63) is 11.4 Å². The summed E-state index contributed by atoms with van der Waals surface area (Å²) in [6.45, 7) is 10.6. The average molecular weight is 264 g/mol. The van der Waals surface area contributed by atoms with Crippen LogP contribution in [0.4, 0.5) is 11.6 Å². The molecule has 0 bridgehead atoms. The van der Waals surface area contributed by atoms with Crippen LogP contribution in [-0.2, 0) is 6.42 Å². The van der Waals surface area contributed by atoms with Crippen molar-refractivity contribution in [3.63, 3.8) is 0 Å². The Balaban J connectivity index is 3.00. The molecule has 0 unspecified atom stereocenters. The molecule has 1 rings (SSSR count). The predicted molar refractivity (Wildman–Crippen MR) is 83.1 cm³/mol. The summed E-state index contributed by atoms with van der Waals surface area (Å²) in [6, 6.07) is 0. The first-order chi connectivity index (χ1) is 9.13. The van der Waals surface area contributed by atoms with Gasteiger partial charge in [-0.2, -0.15) is 0 Å². The topological polar surface area (TPSA) is 41.1 Å². The molecule has 0 radical (unpaired) electrons. The first-order valence-electron chi connectivity index (χ1n) is 7.46. The summed E-state index contributed by atoms with van der Waals surface area (Å²) in [5.41, 5.74) is 1.16. The molecule has 4 nitrogen and oxygen atoms in total. The van der Waals surface area contributed by atoms with Crippen LogP contribution in [0.15, 0.2) is 0 Å². The van der Waals surface area contributed by atoms with Gasteiger partial charge in [-0.1, -0.05) is 27.2 Å². The van der Waals surface area contributed by atoms with E-state index in [2.05, 4.69) is 54.9 Å². The maximum atomic E-state index is 4.69. The Morgan fingerprint density at radius 2 is 1.84 bits per heavy atom. The van der Waals surface area contributed by atoms with Crippen LogP contribution in [-0.4, -0.2) is 30.1 Å². The van der Waals surface area contributed by atoms with Gasteiger partial charge in [0.2, 0.25) is 0 Å². The molecular formula is C15H28N4. The van der Waals surface area contributed by atoms with Crippen molar-refractivity contribution in [2.75, 3.05) is 30.4 Å². The van der Waals surface area contributed by atoms with Crippen LogP contribution >= 0.6 is 0 Å². The highest BCUT2D eigenvalue weighted by molar-refractivity contribution is 5.58. The highest BCUT2D eigenvalue weighted by atomic mass is 15.2. The van der Waals surface area contributed by atoms with E-state index in [9.17, 15) is 0 Å². The van der Waals surface area contributed by atoms with Gasteiger partial charge in [-0.05, 0) is 19.8 Å². The van der Waals surface area contributed by atoms with Crippen LogP contribution in [0.1, 0.15) is 51.4 Å². The summed E-state index contributed by atoms with van der Waals surface area (Å²) in [5, 5.41) is 3.41. The van der Waals surface area contributed by atoms with Crippen LogP contribution in [0, 0.1) is 6.92 Å². The number of hydrogen-bond acceptors (Lipinski definition) is 4. The first kappa shape index (κ1) is 15.7. The van der Waals surface area contributed by atoms with E-state index in [1.54, 1.807) is 0 Å². The summed E-state index contributed by atoms with van der Waals surface area (Å²) in [5.74, 6) is 2.98. The van der Waals surface area contributed by atoms with Crippen LogP contribution in [0.25, 0.3) is 0 Å². The molecule has 0 amide bonds. The van der Waals surface area contributed by atoms with Gasteiger partial charge in [0.05, 0.1) is 0 Å². The van der Waals surface area contributed by atoms with E-state index in [0.29, 0.717) is 0 Å². The lowest BCUT2D eigenvalue weighted by Gasteiger charge is -2.22. The highest BCUT2D eigenvalue weighted by Gasteiger charge is 2.13. The van der Waals surface area contributed by atoms with Crippen molar-refractivity contribution in [2.45, 2.75) is 53.4 Å². The maximum absolute atomic E-state index is 4.69. The molecule has 0 fully saturated rings. The summed E-state index contributed by atoms with van der Waals surface area (Å²) in [4.78, 5) is 11.5. The molecule has 1 N–H and O–H groups in total. The molecule has 1 aromatic rings. The zero-order chi connectivity index (χ0) is 14.3. The molecule has 1 aromatic heterocycles. The Morgan fingerprint density at radius 3 is 2.42 bits per heavy atom. The van der Waals surface area contributed by atoms with Crippen molar-refractivity contribution in [1.29, 1.82) is 0 Å². The van der Waals surface area contributed by atoms with E-state index in [0.717, 1.165) is 49.0 Å². The Kier molecular flexibility index (Phi) is 6.60. The van der Waals surface area contributed by atoms with Gasteiger partial charge in [0.15, 0.2) is 0 Å². The fourth-order valence-corrected chi connectivity index (χ4v) is 2.00. The third kappa shape index (κ3) is 4.37. The molecule has 0 atom stereocenters. The molecule has 0 aromatic carbocycles. The van der Waals surface area contributed by atoms with Crippen LogP contribution in [0.2, 0.25) is 0 Å². The van der Waals surface area contributed by atoms with E-state index >= 15 is 0 Å². The minimum absolute atomic E-state index is 0.871. The van der Waals surface area contributed by atoms with Crippen molar-refractivity contribution >= 4 is 11.6 Å². The molecular weight excluding hydrogens is 236 g/mol. The third-order valence-electron chi connectivity index (χ3n) is 3.23. The van der Waals surface area contributed by atoms with Gasteiger partial charge in [-0.25, -0.2) is 9.97 Å². The van der Waals surface area contributed by atoms with E-state index in [1.165, 1.54) is 12.8 Å². The second kappa shape index (κ2) is 7.97. The minimum atomic E-state index is 0.871. The molecule has 0 saturated heterocycles.